The molecular weight excluding hydrogens is 900 g/mol. The first-order chi connectivity index (χ1) is 33.4. The summed E-state index contributed by atoms with van der Waals surface area (Å²) in [4.78, 5) is 35.9. The van der Waals surface area contributed by atoms with Gasteiger partial charge >= 0.3 is 19.8 Å². The summed E-state index contributed by atoms with van der Waals surface area (Å²) in [5.74, 6) is -1.09. The highest BCUT2D eigenvalue weighted by atomic mass is 31.2. The summed E-state index contributed by atoms with van der Waals surface area (Å²) in [7, 11) is -5.12. The lowest BCUT2D eigenvalue weighted by molar-refractivity contribution is -0.220. The van der Waals surface area contributed by atoms with Gasteiger partial charge in [0.1, 0.15) is 43.2 Å². The molecule has 14 heteroatoms. The second-order valence-corrected chi connectivity index (χ2v) is 21.2. The maximum Gasteiger partial charge on any atom is 0.472 e. The lowest BCUT2D eigenvalue weighted by Crippen LogP contribution is -2.64. The normalized spacial score (nSPS) is 21.0. The van der Waals surface area contributed by atoms with E-state index in [1.165, 1.54) is 141 Å². The number of ether oxygens (including phenoxy) is 2. The first-order valence-corrected chi connectivity index (χ1v) is 29.6. The van der Waals surface area contributed by atoms with Crippen molar-refractivity contribution in [3.8, 4) is 0 Å². The molecule has 6 N–H and O–H groups in total. The Morgan fingerprint density at radius 3 is 1.20 bits per heavy atom. The van der Waals surface area contributed by atoms with Crippen LogP contribution in [0, 0.1) is 0 Å². The van der Waals surface area contributed by atoms with E-state index in [-0.39, 0.29) is 12.8 Å². The van der Waals surface area contributed by atoms with E-state index in [1.807, 2.05) is 0 Å². The fourth-order valence-electron chi connectivity index (χ4n) is 8.79. The van der Waals surface area contributed by atoms with E-state index in [1.54, 1.807) is 0 Å². The fraction of sp³-hybridized carbons (Fsp3) is 0.891. The number of carbonyl (C=O) groups is 2. The molecule has 1 saturated carbocycles. The summed E-state index contributed by atoms with van der Waals surface area (Å²) in [5, 5.41) is 50.3. The number of unbranched alkanes of at least 4 members (excludes halogenated alkanes) is 32. The van der Waals surface area contributed by atoms with Gasteiger partial charge in [-0.05, 0) is 44.9 Å². The number of allylic oxidation sites excluding steroid dienone is 4. The minimum Gasteiger partial charge on any atom is -0.462 e. The zero-order valence-electron chi connectivity index (χ0n) is 43.6. The summed E-state index contributed by atoms with van der Waals surface area (Å²) in [6.45, 7) is 3.32. The molecule has 6 unspecified atom stereocenters. The molecule has 0 radical (unpaired) electrons. The molecule has 0 spiro atoms. The van der Waals surface area contributed by atoms with Crippen LogP contribution in [0.15, 0.2) is 24.3 Å². The highest BCUT2D eigenvalue weighted by Gasteiger charge is 2.51. The van der Waals surface area contributed by atoms with Crippen molar-refractivity contribution < 1.29 is 63.1 Å². The Kier molecular flexibility index (Phi) is 42.6. The molecule has 0 aromatic carbocycles. The maximum absolute atomic E-state index is 12.9. The molecule has 1 aliphatic carbocycles. The molecule has 0 amide bonds. The monoisotopic (exact) mass is 1000 g/mol. The van der Waals surface area contributed by atoms with Crippen LogP contribution in [0.2, 0.25) is 0 Å². The van der Waals surface area contributed by atoms with E-state index in [9.17, 15) is 44.6 Å². The number of hydrogen-bond donors (Lipinski definition) is 6. The number of phosphoric acid groups is 1. The number of carbonyl (C=O) groups excluding carboxylic acids is 2. The number of rotatable bonds is 48. The maximum atomic E-state index is 12.9. The molecule has 0 bridgehead atoms. The van der Waals surface area contributed by atoms with Crippen molar-refractivity contribution in [2.75, 3.05) is 13.2 Å². The summed E-state index contributed by atoms with van der Waals surface area (Å²) >= 11 is 0. The van der Waals surface area contributed by atoms with Crippen molar-refractivity contribution >= 4 is 19.8 Å². The van der Waals surface area contributed by atoms with Gasteiger partial charge in [0.15, 0.2) is 6.10 Å². The Labute approximate surface area is 419 Å². The molecule has 0 saturated heterocycles. The van der Waals surface area contributed by atoms with Crippen LogP contribution in [0.5, 0.6) is 0 Å². The van der Waals surface area contributed by atoms with Gasteiger partial charge in [-0.2, -0.15) is 0 Å². The van der Waals surface area contributed by atoms with E-state index in [0.717, 1.165) is 77.0 Å². The van der Waals surface area contributed by atoms with Gasteiger partial charge in [0.05, 0.1) is 6.61 Å². The van der Waals surface area contributed by atoms with Crippen LogP contribution in [-0.4, -0.2) is 98.3 Å². The number of phosphoric ester groups is 1. The molecule has 69 heavy (non-hydrogen) atoms. The second kappa shape index (κ2) is 45.0. The predicted molar refractivity (Wildman–Crippen MR) is 277 cm³/mol. The molecule has 8 atom stereocenters. The van der Waals surface area contributed by atoms with Crippen LogP contribution in [0.3, 0.4) is 0 Å². The molecule has 1 fully saturated rings. The Balaban J connectivity index is 2.32. The van der Waals surface area contributed by atoms with Gasteiger partial charge in [-0.25, -0.2) is 4.57 Å². The highest BCUT2D eigenvalue weighted by molar-refractivity contribution is 7.47. The van der Waals surface area contributed by atoms with Crippen molar-refractivity contribution in [1.29, 1.82) is 0 Å². The van der Waals surface area contributed by atoms with Crippen molar-refractivity contribution in [3.05, 3.63) is 24.3 Å². The van der Waals surface area contributed by atoms with Gasteiger partial charge < -0.3 is 39.9 Å². The molecule has 0 heterocycles. The average molecular weight is 1000 g/mol. The van der Waals surface area contributed by atoms with E-state index >= 15 is 0 Å². The van der Waals surface area contributed by atoms with Crippen molar-refractivity contribution in [2.24, 2.45) is 0 Å². The molecule has 0 aromatic rings. The summed E-state index contributed by atoms with van der Waals surface area (Å²) < 4.78 is 33.7. The van der Waals surface area contributed by atoms with Crippen molar-refractivity contribution in [2.45, 2.75) is 301 Å². The minimum absolute atomic E-state index is 0.0909. The number of esters is 2. The first-order valence-electron chi connectivity index (χ1n) is 28.1. The average Bonchev–Trinajstić information content (AvgIpc) is 3.33. The molecule has 406 valence electrons. The summed E-state index contributed by atoms with van der Waals surface area (Å²) in [6, 6.07) is 0. The van der Waals surface area contributed by atoms with Crippen molar-refractivity contribution in [3.63, 3.8) is 0 Å². The zero-order chi connectivity index (χ0) is 50.6. The molecular formula is C55H103O13P. The van der Waals surface area contributed by atoms with Gasteiger partial charge in [0.2, 0.25) is 0 Å². The van der Waals surface area contributed by atoms with Crippen LogP contribution in [0.4, 0.5) is 0 Å². The quantitative estimate of drug-likeness (QED) is 0.0145. The van der Waals surface area contributed by atoms with E-state index < -0.39 is 75.7 Å². The van der Waals surface area contributed by atoms with Crippen LogP contribution < -0.4 is 0 Å². The number of hydrogen-bond acceptors (Lipinski definition) is 12. The third-order valence-corrected chi connectivity index (χ3v) is 14.3. The van der Waals surface area contributed by atoms with Gasteiger partial charge in [-0.3, -0.25) is 18.6 Å². The van der Waals surface area contributed by atoms with Crippen molar-refractivity contribution in [1.82, 2.24) is 0 Å². The van der Waals surface area contributed by atoms with Crippen LogP contribution in [-0.2, 0) is 32.7 Å². The topological polar surface area (TPSA) is 210 Å². The fourth-order valence-corrected chi connectivity index (χ4v) is 9.76. The Morgan fingerprint density at radius 2 is 0.783 bits per heavy atom. The SMILES string of the molecule is CCCCC/C=C/C/C=C/CCCCCCCCCC(=O)O[C@@H](COC(=O)CCCCCCCCCCCCCCCCCCCCCCCCC)COP(=O)(O)OC1C(O)C(O)C(O)[C@H](O)C1O. The van der Waals surface area contributed by atoms with Crippen LogP contribution in [0.25, 0.3) is 0 Å². The van der Waals surface area contributed by atoms with Gasteiger partial charge in [-0.15, -0.1) is 0 Å². The Hall–Kier alpha value is -1.67. The highest BCUT2D eigenvalue weighted by Crippen LogP contribution is 2.47. The lowest BCUT2D eigenvalue weighted by atomic mass is 9.85. The molecule has 1 rings (SSSR count). The second-order valence-electron chi connectivity index (χ2n) is 19.8. The number of aliphatic hydroxyl groups excluding tert-OH is 5. The minimum atomic E-state index is -5.12. The largest absolute Gasteiger partial charge is 0.472 e. The third kappa shape index (κ3) is 36.8. The number of aliphatic hydroxyl groups is 5. The van der Waals surface area contributed by atoms with E-state index in [0.29, 0.717) is 12.8 Å². The van der Waals surface area contributed by atoms with Crippen LogP contribution >= 0.6 is 7.82 Å². The lowest BCUT2D eigenvalue weighted by Gasteiger charge is -2.41. The Bertz CT molecular complexity index is 1300. The third-order valence-electron chi connectivity index (χ3n) is 13.3. The molecule has 1 aliphatic rings. The summed E-state index contributed by atoms with van der Waals surface area (Å²) in [5.41, 5.74) is 0. The predicted octanol–water partition coefficient (Wildman–Crippen LogP) is 12.7. The van der Waals surface area contributed by atoms with E-state index in [2.05, 4.69) is 38.2 Å². The Morgan fingerprint density at radius 1 is 0.449 bits per heavy atom. The van der Waals surface area contributed by atoms with Gasteiger partial charge in [-0.1, -0.05) is 224 Å². The van der Waals surface area contributed by atoms with Gasteiger partial charge in [0, 0.05) is 12.8 Å². The molecule has 13 nitrogen and oxygen atoms in total. The van der Waals surface area contributed by atoms with Gasteiger partial charge in [0.25, 0.3) is 0 Å². The first kappa shape index (κ1) is 65.3. The summed E-state index contributed by atoms with van der Waals surface area (Å²) in [6.07, 6.45) is 39.4. The zero-order valence-corrected chi connectivity index (χ0v) is 44.5. The van der Waals surface area contributed by atoms with E-state index in [4.69, 9.17) is 18.5 Å². The standard InChI is InChI=1S/C55H103O13P/c1-3-5-7-9-11-13-15-17-19-21-22-23-24-25-26-28-29-31-33-35-37-39-41-43-48(56)65-45-47(46-66-69(63,64)68-55-53(61)51(59)50(58)52(60)54(55)62)67-49(57)44-42-40-38-36-34-32-30-27-20-18-16-14-12-10-8-6-4-2/h12,14,18,20,47,50-55,58-62H,3-11,13,15-17,19,21-46H2,1-2H3,(H,63,64)/b14-12+,20-18+/t47-,50?,51-,52?,53?,54?,55?/m0/s1. The molecule has 0 aliphatic heterocycles. The van der Waals surface area contributed by atoms with Crippen LogP contribution in [0.1, 0.15) is 258 Å². The molecule has 0 aromatic heterocycles. The smallest absolute Gasteiger partial charge is 0.462 e.